The monoisotopic (exact) mass is 273 g/mol. The molecule has 0 radical (unpaired) electrons. The second-order valence-electron chi connectivity index (χ2n) is 3.61. The van der Waals surface area contributed by atoms with Crippen molar-refractivity contribution in [3.8, 4) is 0 Å². The molecule has 1 aromatic carbocycles. The number of carboxylic acid groups (broad SMARTS) is 1. The first-order valence-electron chi connectivity index (χ1n) is 5.48. The summed E-state index contributed by atoms with van der Waals surface area (Å²) in [5, 5.41) is 11.2. The van der Waals surface area contributed by atoms with Crippen molar-refractivity contribution in [2.24, 2.45) is 0 Å². The van der Waals surface area contributed by atoms with Crippen LogP contribution >= 0.6 is 0 Å². The average molecular weight is 273 g/mol. The number of carboxylic acids is 1. The van der Waals surface area contributed by atoms with Gasteiger partial charge < -0.3 is 15.2 Å². The van der Waals surface area contributed by atoms with Gasteiger partial charge in [0.05, 0.1) is 12.2 Å². The van der Waals surface area contributed by atoms with Crippen LogP contribution in [-0.2, 0) is 4.74 Å². The molecule has 2 N–H and O–H groups in total. The molecule has 0 saturated heterocycles. The molecule has 1 aromatic rings. The topological polar surface area (TPSA) is 75.6 Å². The number of alkyl halides is 2. The van der Waals surface area contributed by atoms with E-state index in [4.69, 9.17) is 5.11 Å². The summed E-state index contributed by atoms with van der Waals surface area (Å²) < 4.78 is 28.1. The molecule has 1 rings (SSSR count). The van der Waals surface area contributed by atoms with E-state index in [1.165, 1.54) is 24.3 Å². The molecule has 0 unspecified atom stereocenters. The van der Waals surface area contributed by atoms with E-state index < -0.39 is 24.9 Å². The number of benzene rings is 1. The summed E-state index contributed by atoms with van der Waals surface area (Å²) in [6, 6.07) is 5.51. The highest BCUT2D eigenvalue weighted by Gasteiger charge is 2.09. The van der Waals surface area contributed by atoms with Crippen LogP contribution in [0, 0.1) is 0 Å². The number of halogens is 2. The highest BCUT2D eigenvalue weighted by Crippen LogP contribution is 2.05. The van der Waals surface area contributed by atoms with Gasteiger partial charge in [0.25, 0.3) is 12.3 Å². The molecule has 104 valence electrons. The number of carbonyl (C=O) groups is 2. The van der Waals surface area contributed by atoms with Gasteiger partial charge in [0.15, 0.2) is 0 Å². The first-order chi connectivity index (χ1) is 9.00. The van der Waals surface area contributed by atoms with Crippen molar-refractivity contribution in [2.45, 2.75) is 6.43 Å². The van der Waals surface area contributed by atoms with Gasteiger partial charge in [0.2, 0.25) is 0 Å². The first-order valence-corrected chi connectivity index (χ1v) is 5.48. The summed E-state index contributed by atoms with van der Waals surface area (Å²) in [5.74, 6) is -1.61. The predicted molar refractivity (Wildman–Crippen MR) is 62.6 cm³/mol. The van der Waals surface area contributed by atoms with Gasteiger partial charge in [-0.25, -0.2) is 13.6 Å². The minimum atomic E-state index is -2.54. The molecule has 7 heteroatoms. The van der Waals surface area contributed by atoms with Crippen LogP contribution in [0.1, 0.15) is 20.7 Å². The molecule has 0 saturated carbocycles. The number of rotatable bonds is 7. The minimum absolute atomic E-state index is 0.00148. The maximum Gasteiger partial charge on any atom is 0.335 e. The zero-order valence-corrected chi connectivity index (χ0v) is 9.94. The molecule has 0 fully saturated rings. The lowest BCUT2D eigenvalue weighted by Crippen LogP contribution is -2.28. The SMILES string of the molecule is O=C(O)c1cccc(C(=O)NCCOCC(F)F)c1. The lowest BCUT2D eigenvalue weighted by molar-refractivity contribution is 0.0188. The number of amides is 1. The predicted octanol–water partition coefficient (Wildman–Crippen LogP) is 1.40. The van der Waals surface area contributed by atoms with E-state index >= 15 is 0 Å². The maximum atomic E-state index is 11.7. The molecule has 0 aromatic heterocycles. The van der Waals surface area contributed by atoms with Gasteiger partial charge in [-0.2, -0.15) is 0 Å². The zero-order chi connectivity index (χ0) is 14.3. The van der Waals surface area contributed by atoms with E-state index in [0.29, 0.717) is 0 Å². The Kier molecular flexibility index (Phi) is 5.87. The van der Waals surface area contributed by atoms with Crippen molar-refractivity contribution in [1.29, 1.82) is 0 Å². The molecular formula is C12H13F2NO4. The summed E-state index contributed by atoms with van der Waals surface area (Å²) >= 11 is 0. The molecular weight excluding hydrogens is 260 g/mol. The maximum absolute atomic E-state index is 11.7. The normalized spacial score (nSPS) is 10.5. The quantitative estimate of drug-likeness (QED) is 0.736. The van der Waals surface area contributed by atoms with Crippen molar-refractivity contribution in [2.75, 3.05) is 19.8 Å². The van der Waals surface area contributed by atoms with Gasteiger partial charge in [0, 0.05) is 12.1 Å². The number of hydrogen-bond donors (Lipinski definition) is 2. The van der Waals surface area contributed by atoms with Crippen LogP contribution in [0.4, 0.5) is 8.78 Å². The Bertz CT molecular complexity index is 451. The smallest absolute Gasteiger partial charge is 0.335 e. The van der Waals surface area contributed by atoms with Crippen molar-refractivity contribution in [3.63, 3.8) is 0 Å². The summed E-state index contributed by atoms with van der Waals surface area (Å²) in [5.41, 5.74) is 0.190. The molecule has 19 heavy (non-hydrogen) atoms. The number of aromatic carboxylic acids is 1. The van der Waals surface area contributed by atoms with Crippen LogP contribution in [-0.4, -0.2) is 43.2 Å². The van der Waals surface area contributed by atoms with Gasteiger partial charge in [-0.05, 0) is 18.2 Å². The molecule has 0 aliphatic carbocycles. The van der Waals surface area contributed by atoms with Crippen molar-refractivity contribution < 1.29 is 28.2 Å². The van der Waals surface area contributed by atoms with Gasteiger partial charge in [-0.15, -0.1) is 0 Å². The Hall–Kier alpha value is -2.02. The Labute approximate surface area is 108 Å². The highest BCUT2D eigenvalue weighted by molar-refractivity contribution is 5.97. The van der Waals surface area contributed by atoms with E-state index in [1.54, 1.807) is 0 Å². The fourth-order valence-electron chi connectivity index (χ4n) is 1.30. The van der Waals surface area contributed by atoms with Crippen LogP contribution in [0.3, 0.4) is 0 Å². The fraction of sp³-hybridized carbons (Fsp3) is 0.333. The number of ether oxygens (including phenoxy) is 1. The van der Waals surface area contributed by atoms with E-state index in [2.05, 4.69) is 10.1 Å². The summed E-state index contributed by atoms with van der Waals surface area (Å²) in [7, 11) is 0. The molecule has 0 atom stereocenters. The second-order valence-corrected chi connectivity index (χ2v) is 3.61. The van der Waals surface area contributed by atoms with Crippen LogP contribution < -0.4 is 5.32 Å². The largest absolute Gasteiger partial charge is 0.478 e. The standard InChI is InChI=1S/C12H13F2NO4/c13-10(14)7-19-5-4-15-11(16)8-2-1-3-9(6-8)12(17)18/h1-3,6,10H,4-5,7H2,(H,15,16)(H,17,18). The summed E-state index contributed by atoms with van der Waals surface area (Å²) in [4.78, 5) is 22.3. The molecule has 0 bridgehead atoms. The van der Waals surface area contributed by atoms with E-state index in [-0.39, 0.29) is 24.3 Å². The number of carbonyl (C=O) groups excluding carboxylic acids is 1. The molecule has 0 spiro atoms. The van der Waals surface area contributed by atoms with E-state index in [0.717, 1.165) is 0 Å². The Morgan fingerprint density at radius 1 is 1.32 bits per heavy atom. The third-order valence-corrected chi connectivity index (χ3v) is 2.15. The Morgan fingerprint density at radius 2 is 2.00 bits per heavy atom. The number of nitrogens with one attached hydrogen (secondary N) is 1. The number of hydrogen-bond acceptors (Lipinski definition) is 3. The second kappa shape index (κ2) is 7.42. The summed E-state index contributed by atoms with van der Waals surface area (Å²) in [6.45, 7) is -0.637. The van der Waals surface area contributed by atoms with Crippen molar-refractivity contribution >= 4 is 11.9 Å². The van der Waals surface area contributed by atoms with Crippen LogP contribution in [0.2, 0.25) is 0 Å². The Balaban J connectivity index is 2.41. The van der Waals surface area contributed by atoms with Gasteiger partial charge in [-0.3, -0.25) is 4.79 Å². The lowest BCUT2D eigenvalue weighted by atomic mass is 10.1. The van der Waals surface area contributed by atoms with Gasteiger partial charge in [-0.1, -0.05) is 6.07 Å². The van der Waals surface area contributed by atoms with E-state index in [1.807, 2.05) is 0 Å². The molecule has 5 nitrogen and oxygen atoms in total. The Morgan fingerprint density at radius 3 is 2.63 bits per heavy atom. The molecule has 0 heterocycles. The van der Waals surface area contributed by atoms with Gasteiger partial charge >= 0.3 is 5.97 Å². The zero-order valence-electron chi connectivity index (χ0n) is 9.94. The van der Waals surface area contributed by atoms with Crippen LogP contribution in [0.25, 0.3) is 0 Å². The first kappa shape index (κ1) is 15.0. The fourth-order valence-corrected chi connectivity index (χ4v) is 1.30. The van der Waals surface area contributed by atoms with Gasteiger partial charge in [0.1, 0.15) is 6.61 Å². The van der Waals surface area contributed by atoms with Crippen LogP contribution in [0.15, 0.2) is 24.3 Å². The third kappa shape index (κ3) is 5.43. The summed E-state index contributed by atoms with van der Waals surface area (Å²) in [6.07, 6.45) is -2.54. The molecule has 1 amide bonds. The van der Waals surface area contributed by atoms with Crippen molar-refractivity contribution in [1.82, 2.24) is 5.32 Å². The lowest BCUT2D eigenvalue weighted by Gasteiger charge is -2.06. The third-order valence-electron chi connectivity index (χ3n) is 2.15. The van der Waals surface area contributed by atoms with E-state index in [9.17, 15) is 18.4 Å². The molecule has 0 aliphatic heterocycles. The van der Waals surface area contributed by atoms with Crippen LogP contribution in [0.5, 0.6) is 0 Å². The highest BCUT2D eigenvalue weighted by atomic mass is 19.3. The molecule has 0 aliphatic rings. The van der Waals surface area contributed by atoms with Crippen molar-refractivity contribution in [3.05, 3.63) is 35.4 Å². The average Bonchev–Trinajstić information content (AvgIpc) is 2.37. The minimum Gasteiger partial charge on any atom is -0.478 e.